The van der Waals surface area contributed by atoms with Gasteiger partial charge >= 0.3 is 0 Å². The van der Waals surface area contributed by atoms with Crippen LogP contribution in [-0.4, -0.2) is 51.7 Å². The van der Waals surface area contributed by atoms with Crippen LogP contribution in [0.1, 0.15) is 37.9 Å². The number of aromatic nitrogens is 4. The summed E-state index contributed by atoms with van der Waals surface area (Å²) in [7, 11) is 1.57. The molecule has 10 heteroatoms. The summed E-state index contributed by atoms with van der Waals surface area (Å²) in [6, 6.07) is 10.7. The average molecular weight is 453 g/mol. The van der Waals surface area contributed by atoms with Crippen LogP contribution >= 0.6 is 0 Å². The number of ether oxygens (including phenoxy) is 1. The second-order valence-electron chi connectivity index (χ2n) is 8.13. The van der Waals surface area contributed by atoms with Crippen molar-refractivity contribution in [2.24, 2.45) is 0 Å². The third kappa shape index (κ3) is 5.76. The molecule has 0 atom stereocenters. The quantitative estimate of drug-likeness (QED) is 0.559. The molecule has 1 aromatic carbocycles. The molecule has 0 aliphatic heterocycles. The molecule has 1 aliphatic rings. The van der Waals surface area contributed by atoms with Crippen molar-refractivity contribution in [2.75, 3.05) is 18.6 Å². The van der Waals surface area contributed by atoms with Crippen LogP contribution in [0, 0.1) is 6.92 Å². The summed E-state index contributed by atoms with van der Waals surface area (Å²) in [6.07, 6.45) is 5.37. The zero-order valence-corrected chi connectivity index (χ0v) is 18.9. The van der Waals surface area contributed by atoms with E-state index < -0.39 is 0 Å². The molecule has 2 aromatic heterocycles. The highest BCUT2D eigenvalue weighted by molar-refractivity contribution is 5.98. The monoisotopic (exact) mass is 452 g/mol. The Hall–Kier alpha value is -3.69. The minimum atomic E-state index is -0.335. The highest BCUT2D eigenvalue weighted by atomic mass is 16.5. The summed E-state index contributed by atoms with van der Waals surface area (Å²) in [5, 5.41) is 15.2. The molecule has 2 heterocycles. The zero-order chi connectivity index (χ0) is 23.2. The first-order chi connectivity index (χ1) is 16.0. The van der Waals surface area contributed by atoms with E-state index in [1.54, 1.807) is 43.5 Å². The van der Waals surface area contributed by atoms with Crippen LogP contribution in [0.5, 0.6) is 5.75 Å². The van der Waals surface area contributed by atoms with E-state index in [1.165, 1.54) is 16.1 Å². The van der Waals surface area contributed by atoms with Crippen LogP contribution in [0.4, 0.5) is 5.69 Å². The number of aryl methyl sites for hydroxylation is 1. The van der Waals surface area contributed by atoms with Crippen LogP contribution in [0.15, 0.2) is 40.8 Å². The fourth-order valence-corrected chi connectivity index (χ4v) is 3.92. The first-order valence-electron chi connectivity index (χ1n) is 11.1. The highest BCUT2D eigenvalue weighted by Crippen LogP contribution is 2.21. The van der Waals surface area contributed by atoms with E-state index in [2.05, 4.69) is 20.7 Å². The average Bonchev–Trinajstić information content (AvgIpc) is 3.47. The number of rotatable bonds is 8. The summed E-state index contributed by atoms with van der Waals surface area (Å²) < 4.78 is 10.7. The molecule has 4 rings (SSSR count). The fraction of sp³-hybridized carbons (Fsp3) is 0.435. The Bertz CT molecular complexity index is 1080. The van der Waals surface area contributed by atoms with Gasteiger partial charge in [0, 0.05) is 11.7 Å². The van der Waals surface area contributed by atoms with Gasteiger partial charge in [0.25, 0.3) is 5.91 Å². The summed E-state index contributed by atoms with van der Waals surface area (Å²) in [4.78, 5) is 28.6. The largest absolute Gasteiger partial charge is 0.497 e. The molecular formula is C23H28N6O4. The summed E-state index contributed by atoms with van der Waals surface area (Å²) in [5.74, 6) is 1.64. The second-order valence-corrected chi connectivity index (χ2v) is 8.13. The maximum atomic E-state index is 13.2. The molecular weight excluding hydrogens is 424 g/mol. The molecule has 1 saturated carbocycles. The first-order valence-corrected chi connectivity index (χ1v) is 11.1. The molecule has 10 nitrogen and oxygen atoms in total. The minimum absolute atomic E-state index is 0.0966. The molecule has 0 bridgehead atoms. The molecule has 2 amide bonds. The highest BCUT2D eigenvalue weighted by Gasteiger charge is 2.23. The number of carbonyl (C=O) groups excluding carboxylic acids is 2. The van der Waals surface area contributed by atoms with Crippen molar-refractivity contribution in [3.8, 4) is 17.3 Å². The number of nitrogens with zero attached hydrogens (tertiary/aromatic N) is 5. The smallest absolute Gasteiger partial charge is 0.251 e. The van der Waals surface area contributed by atoms with Gasteiger partial charge in [-0.3, -0.25) is 9.59 Å². The Kier molecular flexibility index (Phi) is 7.01. The van der Waals surface area contributed by atoms with Crippen molar-refractivity contribution >= 4 is 17.5 Å². The first kappa shape index (κ1) is 22.5. The lowest BCUT2D eigenvalue weighted by Gasteiger charge is -2.26. The van der Waals surface area contributed by atoms with Crippen molar-refractivity contribution in [1.29, 1.82) is 0 Å². The van der Waals surface area contributed by atoms with E-state index in [9.17, 15) is 9.59 Å². The van der Waals surface area contributed by atoms with Crippen molar-refractivity contribution in [3.63, 3.8) is 0 Å². The lowest BCUT2D eigenvalue weighted by atomic mass is 9.95. The number of carbonyl (C=O) groups is 2. The van der Waals surface area contributed by atoms with Gasteiger partial charge in [0.05, 0.1) is 7.11 Å². The summed E-state index contributed by atoms with van der Waals surface area (Å²) in [6.45, 7) is 1.55. The van der Waals surface area contributed by atoms with Crippen LogP contribution in [0.25, 0.3) is 11.6 Å². The van der Waals surface area contributed by atoms with Gasteiger partial charge in [0.1, 0.15) is 24.6 Å². The van der Waals surface area contributed by atoms with Gasteiger partial charge < -0.3 is 19.4 Å². The predicted molar refractivity (Wildman–Crippen MR) is 121 cm³/mol. The number of amides is 2. The number of nitrogens with one attached hydrogen (secondary N) is 1. The van der Waals surface area contributed by atoms with E-state index in [0.29, 0.717) is 23.0 Å². The number of anilines is 1. The maximum absolute atomic E-state index is 13.2. The van der Waals surface area contributed by atoms with Crippen molar-refractivity contribution < 1.29 is 18.7 Å². The lowest BCUT2D eigenvalue weighted by Crippen LogP contribution is -2.45. The van der Waals surface area contributed by atoms with Gasteiger partial charge in [0.15, 0.2) is 5.76 Å². The number of tetrazole rings is 1. The van der Waals surface area contributed by atoms with Gasteiger partial charge in [-0.1, -0.05) is 19.3 Å². The Morgan fingerprint density at radius 1 is 1.15 bits per heavy atom. The standard InChI is InChI=1S/C23H28N6O4/c1-16-8-13-20(33-16)23-25-27-29(26-23)15-22(31)28(18-9-11-19(32-2)12-10-18)14-21(30)24-17-6-4-3-5-7-17/h8-13,17H,3-7,14-15H2,1-2H3,(H,24,30). The maximum Gasteiger partial charge on any atom is 0.251 e. The number of hydrogen-bond acceptors (Lipinski definition) is 7. The van der Waals surface area contributed by atoms with E-state index >= 15 is 0 Å². The third-order valence-electron chi connectivity index (χ3n) is 5.65. The van der Waals surface area contributed by atoms with E-state index in [4.69, 9.17) is 9.15 Å². The second kappa shape index (κ2) is 10.3. The number of hydrogen-bond donors (Lipinski definition) is 1. The van der Waals surface area contributed by atoms with Crippen molar-refractivity contribution in [2.45, 2.75) is 51.6 Å². The molecule has 0 radical (unpaired) electrons. The Morgan fingerprint density at radius 2 is 1.91 bits per heavy atom. The van der Waals surface area contributed by atoms with Gasteiger partial charge in [0.2, 0.25) is 11.7 Å². The Labute approximate surface area is 191 Å². The van der Waals surface area contributed by atoms with Gasteiger partial charge in [-0.05, 0) is 61.4 Å². The van der Waals surface area contributed by atoms with E-state index in [0.717, 1.165) is 31.4 Å². The normalized spacial score (nSPS) is 14.1. The predicted octanol–water partition coefficient (Wildman–Crippen LogP) is 2.73. The molecule has 0 spiro atoms. The Morgan fingerprint density at radius 3 is 2.58 bits per heavy atom. The molecule has 1 fully saturated rings. The summed E-state index contributed by atoms with van der Waals surface area (Å²) in [5.41, 5.74) is 0.585. The van der Waals surface area contributed by atoms with Gasteiger partial charge in [-0.2, -0.15) is 4.80 Å². The molecule has 1 aliphatic carbocycles. The minimum Gasteiger partial charge on any atom is -0.497 e. The van der Waals surface area contributed by atoms with Crippen molar-refractivity contribution in [3.05, 3.63) is 42.2 Å². The third-order valence-corrected chi connectivity index (χ3v) is 5.65. The topological polar surface area (TPSA) is 115 Å². The molecule has 1 N–H and O–H groups in total. The summed E-state index contributed by atoms with van der Waals surface area (Å²) >= 11 is 0. The SMILES string of the molecule is COc1ccc(N(CC(=O)NC2CCCCC2)C(=O)Cn2nnc(-c3ccc(C)o3)n2)cc1. The van der Waals surface area contributed by atoms with Gasteiger partial charge in [-0.25, -0.2) is 0 Å². The zero-order valence-electron chi connectivity index (χ0n) is 18.9. The molecule has 3 aromatic rings. The molecule has 33 heavy (non-hydrogen) atoms. The lowest BCUT2D eigenvalue weighted by molar-refractivity contribution is -0.124. The number of furan rings is 1. The van der Waals surface area contributed by atoms with E-state index in [-0.39, 0.29) is 30.9 Å². The molecule has 174 valence electrons. The van der Waals surface area contributed by atoms with Crippen LogP contribution in [0.3, 0.4) is 0 Å². The Balaban J connectivity index is 1.48. The molecule has 0 unspecified atom stereocenters. The fourth-order valence-electron chi connectivity index (χ4n) is 3.92. The van der Waals surface area contributed by atoms with Crippen LogP contribution in [-0.2, 0) is 16.1 Å². The van der Waals surface area contributed by atoms with Gasteiger partial charge in [-0.15, -0.1) is 10.2 Å². The van der Waals surface area contributed by atoms with Crippen LogP contribution in [0.2, 0.25) is 0 Å². The van der Waals surface area contributed by atoms with E-state index in [1.807, 2.05) is 6.92 Å². The number of benzene rings is 1. The molecule has 0 saturated heterocycles. The number of methoxy groups -OCH3 is 1. The van der Waals surface area contributed by atoms with Crippen molar-refractivity contribution in [1.82, 2.24) is 25.5 Å². The van der Waals surface area contributed by atoms with Crippen LogP contribution < -0.4 is 15.0 Å².